The minimum Gasteiger partial charge on any atom is -0.317 e. The number of hydrogen-bond donors (Lipinski definition) is 1. The summed E-state index contributed by atoms with van der Waals surface area (Å²) in [6, 6.07) is 0. The van der Waals surface area contributed by atoms with Crippen LogP contribution in [0.25, 0.3) is 0 Å². The molecular formula is C14H32N4O2S. The number of nitrogens with zero attached hydrogens (tertiary/aromatic N) is 3. The van der Waals surface area contributed by atoms with Gasteiger partial charge in [-0.2, -0.15) is 17.0 Å². The van der Waals surface area contributed by atoms with Gasteiger partial charge in [0.25, 0.3) is 10.2 Å². The van der Waals surface area contributed by atoms with E-state index in [9.17, 15) is 8.42 Å². The van der Waals surface area contributed by atoms with Gasteiger partial charge in [0.15, 0.2) is 0 Å². The zero-order chi connectivity index (χ0) is 15.9. The maximum atomic E-state index is 12.5. The first-order chi connectivity index (χ1) is 9.87. The Kier molecular flexibility index (Phi) is 8.12. The van der Waals surface area contributed by atoms with E-state index in [2.05, 4.69) is 24.2 Å². The van der Waals surface area contributed by atoms with E-state index in [-0.39, 0.29) is 0 Å². The molecule has 1 aliphatic rings. The van der Waals surface area contributed by atoms with Crippen LogP contribution in [0.4, 0.5) is 0 Å². The SMILES string of the molecule is CCNCCCN(C)S(=O)(=O)N(C)CC1CCN(C)CC1. The molecule has 0 aliphatic carbocycles. The predicted molar refractivity (Wildman–Crippen MR) is 87.6 cm³/mol. The van der Waals surface area contributed by atoms with Gasteiger partial charge >= 0.3 is 0 Å². The lowest BCUT2D eigenvalue weighted by atomic mass is 9.97. The van der Waals surface area contributed by atoms with Crippen LogP contribution in [0.15, 0.2) is 0 Å². The molecule has 0 aromatic rings. The van der Waals surface area contributed by atoms with Gasteiger partial charge in [-0.3, -0.25) is 0 Å². The number of hydrogen-bond acceptors (Lipinski definition) is 4. The van der Waals surface area contributed by atoms with E-state index in [0.29, 0.717) is 19.0 Å². The second-order valence-corrected chi connectivity index (χ2v) is 8.21. The Hall–Kier alpha value is -0.210. The number of nitrogens with one attached hydrogen (secondary N) is 1. The Balaban J connectivity index is 2.40. The monoisotopic (exact) mass is 320 g/mol. The number of likely N-dealkylation sites (tertiary alicyclic amines) is 1. The molecule has 1 heterocycles. The van der Waals surface area contributed by atoms with Crippen molar-refractivity contribution in [1.82, 2.24) is 18.8 Å². The van der Waals surface area contributed by atoms with E-state index >= 15 is 0 Å². The van der Waals surface area contributed by atoms with E-state index in [0.717, 1.165) is 45.4 Å². The number of piperidine rings is 1. The van der Waals surface area contributed by atoms with Gasteiger partial charge in [-0.1, -0.05) is 6.92 Å². The summed E-state index contributed by atoms with van der Waals surface area (Å²) in [5, 5.41) is 3.21. The Morgan fingerprint density at radius 2 is 1.81 bits per heavy atom. The molecule has 0 saturated carbocycles. The molecule has 0 aromatic heterocycles. The summed E-state index contributed by atoms with van der Waals surface area (Å²) >= 11 is 0. The first-order valence-electron chi connectivity index (χ1n) is 7.94. The van der Waals surface area contributed by atoms with Gasteiger partial charge in [0.05, 0.1) is 0 Å². The van der Waals surface area contributed by atoms with Crippen LogP contribution in [-0.2, 0) is 10.2 Å². The zero-order valence-corrected chi connectivity index (χ0v) is 14.8. The van der Waals surface area contributed by atoms with Crippen LogP contribution in [-0.4, -0.2) is 82.3 Å². The summed E-state index contributed by atoms with van der Waals surface area (Å²) in [6.45, 7) is 7.16. The predicted octanol–water partition coefficient (Wildman–Crippen LogP) is 0.436. The Morgan fingerprint density at radius 3 is 2.38 bits per heavy atom. The van der Waals surface area contributed by atoms with Gasteiger partial charge < -0.3 is 10.2 Å². The highest BCUT2D eigenvalue weighted by atomic mass is 32.2. The molecule has 1 fully saturated rings. The molecule has 7 heteroatoms. The maximum absolute atomic E-state index is 12.5. The van der Waals surface area contributed by atoms with Crippen molar-refractivity contribution >= 4 is 10.2 Å². The van der Waals surface area contributed by atoms with Crippen LogP contribution >= 0.6 is 0 Å². The first kappa shape index (κ1) is 18.8. The fourth-order valence-corrected chi connectivity index (χ4v) is 3.89. The molecule has 6 nitrogen and oxygen atoms in total. The minimum atomic E-state index is -3.31. The molecule has 0 unspecified atom stereocenters. The summed E-state index contributed by atoms with van der Waals surface area (Å²) < 4.78 is 27.9. The number of rotatable bonds is 9. The molecule has 1 N–H and O–H groups in total. The molecule has 21 heavy (non-hydrogen) atoms. The summed E-state index contributed by atoms with van der Waals surface area (Å²) in [4.78, 5) is 2.30. The fraction of sp³-hybridized carbons (Fsp3) is 1.00. The van der Waals surface area contributed by atoms with E-state index in [1.165, 1.54) is 8.61 Å². The molecule has 1 aliphatic heterocycles. The smallest absolute Gasteiger partial charge is 0.281 e. The zero-order valence-electron chi connectivity index (χ0n) is 14.0. The van der Waals surface area contributed by atoms with E-state index in [1.807, 2.05) is 0 Å². The quantitative estimate of drug-likeness (QED) is 0.626. The van der Waals surface area contributed by atoms with Crippen LogP contribution in [0.2, 0.25) is 0 Å². The lowest BCUT2D eigenvalue weighted by molar-refractivity contribution is 0.200. The van der Waals surface area contributed by atoms with Gasteiger partial charge in [-0.05, 0) is 58.4 Å². The lowest BCUT2D eigenvalue weighted by Crippen LogP contribution is -2.44. The third kappa shape index (κ3) is 6.20. The van der Waals surface area contributed by atoms with Crippen molar-refractivity contribution < 1.29 is 8.42 Å². The summed E-state index contributed by atoms with van der Waals surface area (Å²) in [7, 11) is 2.18. The van der Waals surface area contributed by atoms with Crippen molar-refractivity contribution in [2.75, 3.05) is 60.4 Å². The van der Waals surface area contributed by atoms with Crippen molar-refractivity contribution in [1.29, 1.82) is 0 Å². The molecule has 0 radical (unpaired) electrons. The van der Waals surface area contributed by atoms with Crippen molar-refractivity contribution in [2.24, 2.45) is 5.92 Å². The van der Waals surface area contributed by atoms with Gasteiger partial charge in [0.2, 0.25) is 0 Å². The van der Waals surface area contributed by atoms with Crippen molar-refractivity contribution in [3.8, 4) is 0 Å². The Labute approximate surface area is 130 Å². The second-order valence-electron chi connectivity index (χ2n) is 6.06. The Morgan fingerprint density at radius 1 is 1.19 bits per heavy atom. The topological polar surface area (TPSA) is 55.9 Å². The van der Waals surface area contributed by atoms with Crippen molar-refractivity contribution in [3.63, 3.8) is 0 Å². The van der Waals surface area contributed by atoms with Crippen LogP contribution in [0.3, 0.4) is 0 Å². The van der Waals surface area contributed by atoms with Gasteiger partial charge in [-0.15, -0.1) is 0 Å². The third-order valence-corrected chi connectivity index (χ3v) is 6.12. The molecule has 0 aromatic carbocycles. The lowest BCUT2D eigenvalue weighted by Gasteiger charge is -2.32. The summed E-state index contributed by atoms with van der Waals surface area (Å²) in [5.74, 6) is 0.483. The Bertz CT molecular complexity index is 380. The van der Waals surface area contributed by atoms with Gasteiger partial charge in [0.1, 0.15) is 0 Å². The normalized spacial score (nSPS) is 18.8. The molecule has 0 spiro atoms. The summed E-state index contributed by atoms with van der Waals surface area (Å²) in [5.41, 5.74) is 0. The third-order valence-electron chi connectivity index (χ3n) is 4.22. The van der Waals surface area contributed by atoms with Crippen LogP contribution in [0.5, 0.6) is 0 Å². The maximum Gasteiger partial charge on any atom is 0.281 e. The van der Waals surface area contributed by atoms with Crippen LogP contribution < -0.4 is 5.32 Å². The molecule has 0 bridgehead atoms. The molecule has 0 amide bonds. The largest absolute Gasteiger partial charge is 0.317 e. The minimum absolute atomic E-state index is 0.483. The highest BCUT2D eigenvalue weighted by Crippen LogP contribution is 2.18. The standard InChI is InChI=1S/C14H32N4O2S/c1-5-15-9-6-10-17(3)21(19,20)18(4)13-14-7-11-16(2)12-8-14/h14-15H,5-13H2,1-4H3. The molecule has 0 atom stereocenters. The van der Waals surface area contributed by atoms with Crippen molar-refractivity contribution in [3.05, 3.63) is 0 Å². The van der Waals surface area contributed by atoms with Gasteiger partial charge in [-0.25, -0.2) is 0 Å². The fourth-order valence-electron chi connectivity index (χ4n) is 2.66. The highest BCUT2D eigenvalue weighted by Gasteiger charge is 2.27. The highest BCUT2D eigenvalue weighted by molar-refractivity contribution is 7.86. The first-order valence-corrected chi connectivity index (χ1v) is 9.34. The van der Waals surface area contributed by atoms with E-state index in [4.69, 9.17) is 0 Å². The molecule has 126 valence electrons. The molecule has 1 rings (SSSR count). The van der Waals surface area contributed by atoms with E-state index < -0.39 is 10.2 Å². The average Bonchev–Trinajstić information content (AvgIpc) is 2.45. The van der Waals surface area contributed by atoms with Gasteiger partial charge in [0, 0.05) is 27.2 Å². The molecular weight excluding hydrogens is 288 g/mol. The van der Waals surface area contributed by atoms with E-state index in [1.54, 1.807) is 14.1 Å². The van der Waals surface area contributed by atoms with Crippen LogP contribution in [0, 0.1) is 5.92 Å². The van der Waals surface area contributed by atoms with Crippen molar-refractivity contribution in [2.45, 2.75) is 26.2 Å². The average molecular weight is 321 g/mol. The second kappa shape index (κ2) is 9.05. The summed E-state index contributed by atoms with van der Waals surface area (Å²) in [6.07, 6.45) is 3.01. The molecule has 1 saturated heterocycles. The van der Waals surface area contributed by atoms with Crippen LogP contribution in [0.1, 0.15) is 26.2 Å².